The second-order valence-electron chi connectivity index (χ2n) is 4.60. The number of halogens is 2. The quantitative estimate of drug-likeness (QED) is 0.661. The van der Waals surface area contributed by atoms with Crippen molar-refractivity contribution in [2.45, 2.75) is 4.90 Å². The molecule has 1 N–H and O–H groups in total. The number of imide groups is 1. The summed E-state index contributed by atoms with van der Waals surface area (Å²) in [7, 11) is -4.20. The van der Waals surface area contributed by atoms with Gasteiger partial charge in [0.1, 0.15) is 10.6 Å². The zero-order valence-corrected chi connectivity index (χ0v) is 13.5. The van der Waals surface area contributed by atoms with Crippen LogP contribution in [0.15, 0.2) is 41.3 Å². The molecule has 2 aromatic carbocycles. The minimum atomic E-state index is -4.20. The van der Waals surface area contributed by atoms with Gasteiger partial charge in [0.15, 0.2) is 0 Å². The molecular formula is C14H7Cl2NO5S. The van der Waals surface area contributed by atoms with Crippen LogP contribution >= 0.6 is 23.2 Å². The van der Waals surface area contributed by atoms with Crippen LogP contribution in [0.25, 0.3) is 0 Å². The fraction of sp³-hybridized carbons (Fsp3) is 0. The molecule has 0 atom stereocenters. The zero-order chi connectivity index (χ0) is 16.8. The molecule has 0 saturated carbocycles. The Morgan fingerprint density at radius 2 is 1.57 bits per heavy atom. The number of carbonyl (C=O) groups excluding carboxylic acids is 2. The number of amides is 2. The Balaban J connectivity index is 1.97. The normalized spacial score (nSPS) is 13.7. The van der Waals surface area contributed by atoms with Crippen LogP contribution in [0.1, 0.15) is 20.7 Å². The molecule has 0 aliphatic carbocycles. The van der Waals surface area contributed by atoms with Gasteiger partial charge < -0.3 is 4.18 Å². The number of hydrogen-bond donors (Lipinski definition) is 1. The second-order valence-corrected chi connectivity index (χ2v) is 6.96. The average molecular weight is 372 g/mol. The molecule has 118 valence electrons. The molecule has 1 aliphatic heterocycles. The van der Waals surface area contributed by atoms with Gasteiger partial charge in [0, 0.05) is 6.07 Å². The van der Waals surface area contributed by atoms with Crippen LogP contribution in [0.2, 0.25) is 10.0 Å². The molecule has 0 radical (unpaired) electrons. The Hall–Kier alpha value is -2.09. The lowest BCUT2D eigenvalue weighted by molar-refractivity contribution is 0.0879. The van der Waals surface area contributed by atoms with E-state index in [1.807, 2.05) is 0 Å². The summed E-state index contributed by atoms with van der Waals surface area (Å²) in [6.07, 6.45) is 0. The third-order valence-corrected chi connectivity index (χ3v) is 5.08. The van der Waals surface area contributed by atoms with Crippen molar-refractivity contribution in [2.75, 3.05) is 0 Å². The van der Waals surface area contributed by atoms with Crippen molar-refractivity contribution in [3.8, 4) is 5.75 Å². The van der Waals surface area contributed by atoms with Crippen molar-refractivity contribution in [1.29, 1.82) is 0 Å². The minimum Gasteiger partial charge on any atom is -0.379 e. The fourth-order valence-electron chi connectivity index (χ4n) is 2.01. The monoisotopic (exact) mass is 371 g/mol. The third-order valence-electron chi connectivity index (χ3n) is 3.09. The number of nitrogens with one attached hydrogen (secondary N) is 1. The highest BCUT2D eigenvalue weighted by Gasteiger charge is 2.29. The molecule has 0 saturated heterocycles. The summed E-state index contributed by atoms with van der Waals surface area (Å²) in [6.45, 7) is 0. The Labute approximate surface area is 141 Å². The minimum absolute atomic E-state index is 0.0196. The first-order valence-corrected chi connectivity index (χ1v) is 8.33. The van der Waals surface area contributed by atoms with E-state index in [1.165, 1.54) is 30.3 Å². The maximum absolute atomic E-state index is 12.3. The Morgan fingerprint density at radius 3 is 2.26 bits per heavy atom. The van der Waals surface area contributed by atoms with Crippen LogP contribution < -0.4 is 9.50 Å². The van der Waals surface area contributed by atoms with Crippen molar-refractivity contribution in [2.24, 2.45) is 0 Å². The van der Waals surface area contributed by atoms with Crippen LogP contribution in [0.3, 0.4) is 0 Å². The maximum atomic E-state index is 12.3. The number of benzene rings is 2. The lowest BCUT2D eigenvalue weighted by atomic mass is 10.1. The molecule has 3 rings (SSSR count). The molecule has 0 unspecified atom stereocenters. The lowest BCUT2D eigenvalue weighted by Crippen LogP contribution is -2.19. The Morgan fingerprint density at radius 1 is 0.870 bits per heavy atom. The zero-order valence-electron chi connectivity index (χ0n) is 11.2. The van der Waals surface area contributed by atoms with E-state index in [1.54, 1.807) is 0 Å². The Bertz CT molecular complexity index is 956. The van der Waals surface area contributed by atoms with Crippen LogP contribution in [-0.2, 0) is 10.1 Å². The predicted molar refractivity (Wildman–Crippen MR) is 82.5 cm³/mol. The molecule has 23 heavy (non-hydrogen) atoms. The topological polar surface area (TPSA) is 89.5 Å². The van der Waals surface area contributed by atoms with E-state index in [0.717, 1.165) is 6.07 Å². The second kappa shape index (κ2) is 5.52. The molecule has 1 heterocycles. The van der Waals surface area contributed by atoms with Gasteiger partial charge in [0.2, 0.25) is 0 Å². The lowest BCUT2D eigenvalue weighted by Gasteiger charge is -2.08. The highest BCUT2D eigenvalue weighted by molar-refractivity contribution is 7.87. The number of carbonyl (C=O) groups is 2. The molecule has 0 aromatic heterocycles. The van der Waals surface area contributed by atoms with Gasteiger partial charge in [-0.15, -0.1) is 0 Å². The number of fused-ring (bicyclic) bond motifs is 1. The van der Waals surface area contributed by atoms with Crippen LogP contribution in [0, 0.1) is 0 Å². The van der Waals surface area contributed by atoms with E-state index < -0.39 is 21.9 Å². The summed E-state index contributed by atoms with van der Waals surface area (Å²) < 4.78 is 29.5. The molecular weight excluding hydrogens is 365 g/mol. The first-order chi connectivity index (χ1) is 10.8. The van der Waals surface area contributed by atoms with Crippen molar-refractivity contribution in [1.82, 2.24) is 5.32 Å². The van der Waals surface area contributed by atoms with Crippen LogP contribution in [-0.4, -0.2) is 20.2 Å². The highest BCUT2D eigenvalue weighted by atomic mass is 35.5. The first kappa shape index (κ1) is 15.8. The first-order valence-electron chi connectivity index (χ1n) is 6.17. The van der Waals surface area contributed by atoms with Gasteiger partial charge in [-0.1, -0.05) is 23.2 Å². The highest BCUT2D eigenvalue weighted by Crippen LogP contribution is 2.29. The summed E-state index contributed by atoms with van der Waals surface area (Å²) in [5.41, 5.74) is 0.0947. The van der Waals surface area contributed by atoms with Gasteiger partial charge in [0.05, 0.1) is 21.2 Å². The van der Waals surface area contributed by atoms with E-state index in [2.05, 4.69) is 5.32 Å². The van der Waals surface area contributed by atoms with E-state index in [9.17, 15) is 18.0 Å². The van der Waals surface area contributed by atoms with Crippen molar-refractivity contribution in [3.63, 3.8) is 0 Å². The molecule has 0 fully saturated rings. The van der Waals surface area contributed by atoms with Gasteiger partial charge in [-0.05, 0) is 30.3 Å². The van der Waals surface area contributed by atoms with E-state index in [4.69, 9.17) is 27.4 Å². The molecule has 2 amide bonds. The smallest absolute Gasteiger partial charge is 0.339 e. The van der Waals surface area contributed by atoms with Gasteiger partial charge >= 0.3 is 10.1 Å². The summed E-state index contributed by atoms with van der Waals surface area (Å²) in [5.74, 6) is -1.25. The summed E-state index contributed by atoms with van der Waals surface area (Å²) in [6, 6.07) is 7.51. The molecule has 0 bridgehead atoms. The summed E-state index contributed by atoms with van der Waals surface area (Å²) in [5, 5.41) is 2.47. The molecule has 0 spiro atoms. The Kier molecular flexibility index (Phi) is 3.79. The molecule has 9 heteroatoms. The SMILES string of the molecule is O=C1NC(=O)c2cc(S(=O)(=O)Oc3ccc(Cl)c(Cl)c3)ccc21. The predicted octanol–water partition coefficient (Wildman–Crippen LogP) is 2.64. The van der Waals surface area contributed by atoms with Crippen molar-refractivity contribution >= 4 is 45.1 Å². The molecule has 6 nitrogen and oxygen atoms in total. The van der Waals surface area contributed by atoms with Crippen LogP contribution in [0.4, 0.5) is 0 Å². The van der Waals surface area contributed by atoms with E-state index in [-0.39, 0.29) is 31.8 Å². The van der Waals surface area contributed by atoms with Gasteiger partial charge in [-0.3, -0.25) is 14.9 Å². The number of rotatable bonds is 3. The summed E-state index contributed by atoms with van der Waals surface area (Å²) >= 11 is 11.6. The fourth-order valence-corrected chi connectivity index (χ4v) is 3.24. The van der Waals surface area contributed by atoms with Gasteiger partial charge in [-0.2, -0.15) is 8.42 Å². The largest absolute Gasteiger partial charge is 0.379 e. The van der Waals surface area contributed by atoms with Crippen molar-refractivity contribution in [3.05, 3.63) is 57.6 Å². The summed E-state index contributed by atoms with van der Waals surface area (Å²) in [4.78, 5) is 22.8. The standard InChI is InChI=1S/C14H7Cl2NO5S/c15-11-4-1-7(5-12(11)16)22-23(20,21)8-2-3-9-10(6-8)14(19)17-13(9)18/h1-6H,(H,17,18,19). The van der Waals surface area contributed by atoms with Gasteiger partial charge in [0.25, 0.3) is 11.8 Å². The van der Waals surface area contributed by atoms with E-state index in [0.29, 0.717) is 0 Å². The van der Waals surface area contributed by atoms with Gasteiger partial charge in [-0.25, -0.2) is 0 Å². The average Bonchev–Trinajstić information content (AvgIpc) is 2.77. The van der Waals surface area contributed by atoms with Crippen molar-refractivity contribution < 1.29 is 22.2 Å². The van der Waals surface area contributed by atoms with E-state index >= 15 is 0 Å². The van der Waals surface area contributed by atoms with Crippen LogP contribution in [0.5, 0.6) is 5.75 Å². The molecule has 2 aromatic rings. The third kappa shape index (κ3) is 2.90. The maximum Gasteiger partial charge on any atom is 0.339 e. The molecule has 1 aliphatic rings. The number of hydrogen-bond acceptors (Lipinski definition) is 5.